The maximum Gasteiger partial charge on any atom is 0.309 e. The van der Waals surface area contributed by atoms with Crippen LogP contribution in [0.3, 0.4) is 0 Å². The number of fused-ring (bicyclic) bond motifs is 2. The van der Waals surface area contributed by atoms with Crippen molar-refractivity contribution in [3.8, 4) is 22.5 Å². The zero-order valence-corrected chi connectivity index (χ0v) is 34.6. The number of likely N-dealkylation sites (tertiary alicyclic amines) is 1. The molecule has 4 aliphatic rings. The van der Waals surface area contributed by atoms with Crippen LogP contribution in [0.25, 0.3) is 33.4 Å². The van der Waals surface area contributed by atoms with Crippen LogP contribution in [0, 0.1) is 19.8 Å². The van der Waals surface area contributed by atoms with Gasteiger partial charge in [-0.1, -0.05) is 6.07 Å². The van der Waals surface area contributed by atoms with Crippen molar-refractivity contribution >= 4 is 61.7 Å². The number of ether oxygens (including phenoxy) is 1. The second-order valence-electron chi connectivity index (χ2n) is 15.2. The van der Waals surface area contributed by atoms with Crippen molar-refractivity contribution in [3.05, 3.63) is 64.5 Å². The highest BCUT2D eigenvalue weighted by Gasteiger charge is 2.37. The second-order valence-corrected chi connectivity index (χ2v) is 18.2. The first kappa shape index (κ1) is 42.5. The lowest BCUT2D eigenvalue weighted by molar-refractivity contribution is -0.488. The molecule has 2 aromatic carbocycles. The van der Waals surface area contributed by atoms with Crippen LogP contribution < -0.4 is 15.2 Å². The Morgan fingerprint density at radius 2 is 1.72 bits per heavy atom. The van der Waals surface area contributed by atoms with E-state index in [4.69, 9.17) is 14.0 Å². The molecule has 2 aromatic rings. The smallest absolute Gasteiger partial charge is 0.309 e. The van der Waals surface area contributed by atoms with Gasteiger partial charge in [-0.2, -0.15) is 4.58 Å². The number of nitrogens with one attached hydrogen (secondary N) is 1. The SMILES string of the molecule is Cc1cc2c(-c3c(C(=O)N4CCC(C(=O)OC(C)(C)C)CC4)cccc3S(=O)(=O)[O-])c3cc(C)/c(=[N+]4/CCC4OOOS)cc-3oc2cc1NCCCS(=O)(=O)[O-]. The number of rotatable bonds is 12. The van der Waals surface area contributed by atoms with E-state index in [0.29, 0.717) is 53.4 Å². The summed E-state index contributed by atoms with van der Waals surface area (Å²) in [5.41, 5.74) is 2.02. The van der Waals surface area contributed by atoms with Crippen LogP contribution in [0.5, 0.6) is 0 Å². The van der Waals surface area contributed by atoms with Gasteiger partial charge in [0.2, 0.25) is 5.36 Å². The summed E-state index contributed by atoms with van der Waals surface area (Å²) < 4.78 is 91.3. The summed E-state index contributed by atoms with van der Waals surface area (Å²) in [5, 5.41) is 8.81. The molecular formula is C38H44N3O13S3-. The van der Waals surface area contributed by atoms with Crippen LogP contribution in [0.1, 0.15) is 67.9 Å². The van der Waals surface area contributed by atoms with Crippen LogP contribution in [0.15, 0.2) is 51.8 Å². The third-order valence-electron chi connectivity index (χ3n) is 10.0. The summed E-state index contributed by atoms with van der Waals surface area (Å²) in [6.07, 6.45) is 0.777. The number of amides is 1. The third-order valence-corrected chi connectivity index (χ3v) is 11.8. The van der Waals surface area contributed by atoms with Crippen LogP contribution in [-0.4, -0.2) is 86.5 Å². The Morgan fingerprint density at radius 1 is 1.00 bits per heavy atom. The maximum absolute atomic E-state index is 14.5. The average molecular weight is 847 g/mol. The van der Waals surface area contributed by atoms with Crippen molar-refractivity contribution in [2.45, 2.75) is 77.0 Å². The predicted octanol–water partition coefficient (Wildman–Crippen LogP) is 4.49. The fourth-order valence-corrected chi connectivity index (χ4v) is 8.52. The van der Waals surface area contributed by atoms with E-state index in [9.17, 15) is 35.5 Å². The molecule has 1 N–H and O–H groups in total. The van der Waals surface area contributed by atoms with E-state index in [2.05, 4.69) is 27.6 Å². The van der Waals surface area contributed by atoms with Crippen molar-refractivity contribution < 1.29 is 58.9 Å². The van der Waals surface area contributed by atoms with Crippen LogP contribution in [0.4, 0.5) is 5.69 Å². The molecule has 16 nitrogen and oxygen atoms in total. The van der Waals surface area contributed by atoms with E-state index < -0.39 is 54.5 Å². The minimum absolute atomic E-state index is 0.0306. The lowest BCUT2D eigenvalue weighted by atomic mass is 9.88. The Kier molecular flexibility index (Phi) is 12.4. The van der Waals surface area contributed by atoms with Gasteiger partial charge in [0.05, 0.1) is 33.4 Å². The number of thiol groups is 1. The zero-order chi connectivity index (χ0) is 41.4. The Morgan fingerprint density at radius 3 is 2.33 bits per heavy atom. The van der Waals surface area contributed by atoms with Crippen molar-refractivity contribution in [2.75, 3.05) is 37.2 Å². The standard InChI is InChI=1S/C38H45N3O13S3/c1-22-18-26-30(20-28(22)39-13-7-17-56(44,45)46)50-31-21-29(41-16-12-33(41)52-53-54-55)23(2)19-27(31)34(26)35-25(8-6-9-32(35)57(47,48)49)36(42)40-14-10-24(11-15-40)37(43)51-38(3,4)5/h6,8-9,18-21,24,33H,7,10-17H2,1-5H3,(H3,44,45,46,47,48,49,55)/p-1. The Balaban J connectivity index is 1.54. The van der Waals surface area contributed by atoms with Gasteiger partial charge in [0, 0.05) is 83.3 Å². The van der Waals surface area contributed by atoms with Gasteiger partial charge < -0.3 is 28.5 Å². The fourth-order valence-electron chi connectivity index (χ4n) is 7.28. The number of carbonyl (C=O) groups is 2. The van der Waals surface area contributed by atoms with Crippen LogP contribution in [-0.2, 0) is 44.0 Å². The van der Waals surface area contributed by atoms with E-state index in [1.165, 1.54) is 23.1 Å². The van der Waals surface area contributed by atoms with Crippen LogP contribution >= 0.6 is 12.9 Å². The topological polar surface area (TPSA) is 217 Å². The van der Waals surface area contributed by atoms with Gasteiger partial charge in [0.15, 0.2) is 6.54 Å². The molecule has 2 fully saturated rings. The summed E-state index contributed by atoms with van der Waals surface area (Å²) in [4.78, 5) is 33.6. The molecule has 0 aromatic heterocycles. The molecule has 6 rings (SSSR count). The normalized spacial score (nSPS) is 17.8. The van der Waals surface area contributed by atoms with E-state index in [1.807, 2.05) is 11.5 Å². The minimum Gasteiger partial charge on any atom is -0.748 e. The number of nitrogens with zero attached hydrogens (tertiary/aromatic N) is 2. The molecule has 0 radical (unpaired) electrons. The molecule has 57 heavy (non-hydrogen) atoms. The van der Waals surface area contributed by atoms with Crippen molar-refractivity contribution in [2.24, 2.45) is 5.92 Å². The molecule has 3 heterocycles. The molecule has 2 saturated heterocycles. The fraction of sp³-hybridized carbons (Fsp3) is 0.447. The summed E-state index contributed by atoms with van der Waals surface area (Å²) in [7, 11) is -9.61. The lowest BCUT2D eigenvalue weighted by Crippen LogP contribution is -2.52. The van der Waals surface area contributed by atoms with E-state index in [1.54, 1.807) is 52.0 Å². The monoisotopic (exact) mass is 846 g/mol. The number of anilines is 1. The summed E-state index contributed by atoms with van der Waals surface area (Å²) in [6, 6.07) is 10.9. The minimum atomic E-state index is -5.19. The Labute approximate surface area is 336 Å². The van der Waals surface area contributed by atoms with Gasteiger partial charge >= 0.3 is 5.97 Å². The molecule has 1 aliphatic carbocycles. The molecule has 1 atom stereocenters. The van der Waals surface area contributed by atoms with Crippen LogP contribution in [0.2, 0.25) is 0 Å². The first-order chi connectivity index (χ1) is 26.8. The Hall–Kier alpha value is -4.08. The van der Waals surface area contributed by atoms with Gasteiger partial charge in [0.1, 0.15) is 27.1 Å². The molecule has 0 bridgehead atoms. The lowest BCUT2D eigenvalue weighted by Gasteiger charge is -2.33. The molecular weight excluding hydrogens is 803 g/mol. The zero-order valence-electron chi connectivity index (χ0n) is 32.0. The first-order valence-corrected chi connectivity index (χ1v) is 21.6. The summed E-state index contributed by atoms with van der Waals surface area (Å²) in [5.74, 6) is -1.59. The second kappa shape index (κ2) is 16.6. The molecule has 0 saturated carbocycles. The van der Waals surface area contributed by atoms with Gasteiger partial charge in [0.25, 0.3) is 12.1 Å². The first-order valence-electron chi connectivity index (χ1n) is 18.3. The molecule has 1 amide bonds. The van der Waals surface area contributed by atoms with Crippen molar-refractivity contribution in [1.82, 2.24) is 9.48 Å². The average Bonchev–Trinajstić information content (AvgIpc) is 3.11. The number of carbonyl (C=O) groups excluding carboxylic acids is 2. The summed E-state index contributed by atoms with van der Waals surface area (Å²) >= 11 is 3.55. The van der Waals surface area contributed by atoms with Gasteiger partial charge in [-0.05, 0) is 88.7 Å². The molecule has 308 valence electrons. The third kappa shape index (κ3) is 9.63. The highest BCUT2D eigenvalue weighted by Crippen LogP contribution is 2.45. The van der Waals surface area contributed by atoms with Gasteiger partial charge in [-0.15, -0.1) is 9.22 Å². The highest BCUT2D eigenvalue weighted by atomic mass is 32.2. The van der Waals surface area contributed by atoms with E-state index >= 15 is 0 Å². The number of esters is 1. The van der Waals surface area contributed by atoms with E-state index in [-0.39, 0.29) is 60.1 Å². The highest BCUT2D eigenvalue weighted by molar-refractivity contribution is 7.86. The van der Waals surface area contributed by atoms with Gasteiger partial charge in [-0.25, -0.2) is 16.8 Å². The Bertz CT molecular complexity index is 2470. The largest absolute Gasteiger partial charge is 0.748 e. The summed E-state index contributed by atoms with van der Waals surface area (Å²) in [6.45, 7) is 10.1. The molecule has 1 unspecified atom stereocenters. The molecule has 19 heteroatoms. The number of hydrogen-bond acceptors (Lipinski definition) is 15. The number of benzene rings is 3. The predicted molar refractivity (Wildman–Crippen MR) is 209 cm³/mol. The number of aryl methyl sites for hydroxylation is 2. The van der Waals surface area contributed by atoms with Gasteiger partial charge in [-0.3, -0.25) is 9.59 Å². The van der Waals surface area contributed by atoms with Crippen molar-refractivity contribution in [3.63, 3.8) is 0 Å². The molecule has 0 spiro atoms. The number of hydrogen-bond donors (Lipinski definition) is 2. The quantitative estimate of drug-likeness (QED) is 0.0231. The maximum atomic E-state index is 14.5. The number of piperidine rings is 1. The molecule has 3 aliphatic heterocycles. The van der Waals surface area contributed by atoms with E-state index in [0.717, 1.165) is 5.56 Å². The van der Waals surface area contributed by atoms with Crippen molar-refractivity contribution in [1.29, 1.82) is 0 Å².